The van der Waals surface area contributed by atoms with Crippen LogP contribution in [-0.2, 0) is 10.2 Å². The van der Waals surface area contributed by atoms with Gasteiger partial charge in [0.15, 0.2) is 0 Å². The topological polar surface area (TPSA) is 32.3 Å². The van der Waals surface area contributed by atoms with Gasteiger partial charge in [-0.3, -0.25) is 9.69 Å². The van der Waals surface area contributed by atoms with E-state index in [0.717, 1.165) is 19.0 Å². The van der Waals surface area contributed by atoms with Crippen molar-refractivity contribution in [2.24, 2.45) is 0 Å². The number of fused-ring (bicyclic) bond motifs is 2. The molecule has 21 heavy (non-hydrogen) atoms. The second kappa shape index (κ2) is 5.54. The largest absolute Gasteiger partial charge is 0.323 e. The van der Waals surface area contributed by atoms with Crippen LogP contribution in [0, 0.1) is 11.6 Å². The minimum absolute atomic E-state index is 0. The van der Waals surface area contributed by atoms with Crippen molar-refractivity contribution in [3.8, 4) is 0 Å². The molecule has 0 aromatic heterocycles. The number of likely N-dealkylation sites (tertiary alicyclic amines) is 1. The third-order valence-corrected chi connectivity index (χ3v) is 4.50. The molecule has 2 heterocycles. The van der Waals surface area contributed by atoms with Crippen LogP contribution >= 0.6 is 12.4 Å². The summed E-state index contributed by atoms with van der Waals surface area (Å²) in [5, 5.41) is 2.61. The van der Waals surface area contributed by atoms with Crippen LogP contribution in [0.5, 0.6) is 0 Å². The van der Waals surface area contributed by atoms with Crippen LogP contribution in [0.15, 0.2) is 12.1 Å². The summed E-state index contributed by atoms with van der Waals surface area (Å²) in [6.07, 6.45) is 1.49. The van der Waals surface area contributed by atoms with E-state index in [-0.39, 0.29) is 24.0 Å². The van der Waals surface area contributed by atoms with E-state index in [2.05, 4.69) is 24.1 Å². The van der Waals surface area contributed by atoms with Gasteiger partial charge in [-0.25, -0.2) is 8.78 Å². The number of amides is 1. The zero-order valence-electron chi connectivity index (χ0n) is 12.1. The minimum Gasteiger partial charge on any atom is -0.323 e. The summed E-state index contributed by atoms with van der Waals surface area (Å²) < 4.78 is 27.4. The molecule has 6 heteroatoms. The maximum atomic E-state index is 13.9. The van der Waals surface area contributed by atoms with E-state index in [1.54, 1.807) is 0 Å². The van der Waals surface area contributed by atoms with Crippen LogP contribution in [0.4, 0.5) is 14.5 Å². The lowest BCUT2D eigenvalue weighted by Crippen LogP contribution is -2.52. The summed E-state index contributed by atoms with van der Waals surface area (Å²) >= 11 is 0. The first-order chi connectivity index (χ1) is 9.44. The Morgan fingerprint density at radius 2 is 2.05 bits per heavy atom. The van der Waals surface area contributed by atoms with Gasteiger partial charge in [0.2, 0.25) is 5.91 Å². The van der Waals surface area contributed by atoms with Crippen molar-refractivity contribution in [2.75, 3.05) is 18.4 Å². The lowest BCUT2D eigenvalue weighted by Gasteiger charge is -2.41. The van der Waals surface area contributed by atoms with E-state index in [0.29, 0.717) is 24.6 Å². The SMILES string of the molecule is CC(C)N1CCCC2(C1)C(=O)Nc1c(F)cc(F)cc12.Cl. The summed E-state index contributed by atoms with van der Waals surface area (Å²) in [6, 6.07) is 2.43. The number of hydrogen-bond acceptors (Lipinski definition) is 2. The van der Waals surface area contributed by atoms with Crippen LogP contribution in [0.1, 0.15) is 32.3 Å². The zero-order chi connectivity index (χ0) is 14.5. The highest BCUT2D eigenvalue weighted by Gasteiger charge is 2.50. The van der Waals surface area contributed by atoms with E-state index in [1.807, 2.05) is 0 Å². The highest BCUT2D eigenvalue weighted by atomic mass is 35.5. The van der Waals surface area contributed by atoms with Crippen molar-refractivity contribution in [1.82, 2.24) is 4.90 Å². The van der Waals surface area contributed by atoms with Crippen molar-refractivity contribution >= 4 is 24.0 Å². The molecule has 0 bridgehead atoms. The third kappa shape index (κ3) is 2.42. The van der Waals surface area contributed by atoms with Crippen molar-refractivity contribution in [3.63, 3.8) is 0 Å². The lowest BCUT2D eigenvalue weighted by molar-refractivity contribution is -0.123. The number of halogens is 3. The predicted octanol–water partition coefficient (Wildman–Crippen LogP) is 3.08. The summed E-state index contributed by atoms with van der Waals surface area (Å²) in [7, 11) is 0. The Labute approximate surface area is 129 Å². The molecule has 1 N–H and O–H groups in total. The monoisotopic (exact) mass is 316 g/mol. The van der Waals surface area contributed by atoms with Gasteiger partial charge in [-0.05, 0) is 44.9 Å². The number of benzene rings is 1. The molecule has 1 saturated heterocycles. The van der Waals surface area contributed by atoms with E-state index in [9.17, 15) is 13.6 Å². The standard InChI is InChI=1S/C15H18F2N2O.ClH/c1-9(2)19-5-3-4-15(8-19)11-6-10(16)7-12(17)13(11)18-14(15)20;/h6-7,9H,3-5,8H2,1-2H3,(H,18,20);1H. The Kier molecular flexibility index (Phi) is 4.26. The maximum Gasteiger partial charge on any atom is 0.236 e. The number of piperidine rings is 1. The van der Waals surface area contributed by atoms with E-state index in [1.165, 1.54) is 6.07 Å². The molecule has 1 amide bonds. The quantitative estimate of drug-likeness (QED) is 0.863. The Bertz CT molecular complexity index is 579. The van der Waals surface area contributed by atoms with Gasteiger partial charge in [-0.15, -0.1) is 12.4 Å². The number of nitrogens with zero attached hydrogens (tertiary/aromatic N) is 1. The second-order valence-electron chi connectivity index (χ2n) is 6.01. The Hall–Kier alpha value is -1.20. The highest BCUT2D eigenvalue weighted by Crippen LogP contribution is 2.45. The molecule has 2 aliphatic heterocycles. The summed E-state index contributed by atoms with van der Waals surface area (Å²) in [5.74, 6) is -1.52. The molecule has 1 spiro atoms. The molecule has 1 fully saturated rings. The van der Waals surface area contributed by atoms with Gasteiger partial charge >= 0.3 is 0 Å². The maximum absolute atomic E-state index is 13.9. The molecule has 1 aromatic rings. The first-order valence-electron chi connectivity index (χ1n) is 6.99. The minimum atomic E-state index is -0.805. The van der Waals surface area contributed by atoms with Gasteiger partial charge in [0.05, 0.1) is 11.1 Å². The first-order valence-corrected chi connectivity index (χ1v) is 6.99. The van der Waals surface area contributed by atoms with Crippen molar-refractivity contribution < 1.29 is 13.6 Å². The molecule has 1 atom stereocenters. The first kappa shape index (κ1) is 16.2. The van der Waals surface area contributed by atoms with Crippen molar-refractivity contribution in [2.45, 2.75) is 38.1 Å². The molecular weight excluding hydrogens is 298 g/mol. The molecule has 1 aromatic carbocycles. The van der Waals surface area contributed by atoms with Crippen molar-refractivity contribution in [3.05, 3.63) is 29.3 Å². The summed E-state index contributed by atoms with van der Waals surface area (Å²) in [6.45, 7) is 5.57. The van der Waals surface area contributed by atoms with Crippen LogP contribution in [-0.4, -0.2) is 29.9 Å². The number of rotatable bonds is 1. The number of anilines is 1. The van der Waals surface area contributed by atoms with E-state index in [4.69, 9.17) is 0 Å². The normalized spacial score (nSPS) is 24.9. The van der Waals surface area contributed by atoms with Gasteiger partial charge < -0.3 is 5.32 Å². The number of hydrogen-bond donors (Lipinski definition) is 1. The molecule has 116 valence electrons. The van der Waals surface area contributed by atoms with Crippen LogP contribution in [0.25, 0.3) is 0 Å². The predicted molar refractivity (Wildman–Crippen MR) is 79.9 cm³/mol. The smallest absolute Gasteiger partial charge is 0.236 e. The van der Waals surface area contributed by atoms with Crippen LogP contribution in [0.3, 0.4) is 0 Å². The summed E-state index contributed by atoms with van der Waals surface area (Å²) in [5.41, 5.74) is -0.173. The Morgan fingerprint density at radius 3 is 2.71 bits per heavy atom. The molecule has 1 unspecified atom stereocenters. The Balaban J connectivity index is 0.00000161. The molecule has 0 saturated carbocycles. The summed E-state index contributed by atoms with van der Waals surface area (Å²) in [4.78, 5) is 14.6. The fraction of sp³-hybridized carbons (Fsp3) is 0.533. The van der Waals surface area contributed by atoms with Gasteiger partial charge in [0.1, 0.15) is 11.6 Å². The van der Waals surface area contributed by atoms with Crippen LogP contribution < -0.4 is 5.32 Å². The van der Waals surface area contributed by atoms with Crippen molar-refractivity contribution in [1.29, 1.82) is 0 Å². The number of carbonyl (C=O) groups excluding carboxylic acids is 1. The van der Waals surface area contributed by atoms with Gasteiger partial charge in [0, 0.05) is 18.7 Å². The fourth-order valence-corrected chi connectivity index (χ4v) is 3.37. The lowest BCUT2D eigenvalue weighted by atomic mass is 9.74. The third-order valence-electron chi connectivity index (χ3n) is 4.50. The highest BCUT2D eigenvalue weighted by molar-refractivity contribution is 6.06. The van der Waals surface area contributed by atoms with E-state index < -0.39 is 17.0 Å². The van der Waals surface area contributed by atoms with Gasteiger partial charge in [-0.2, -0.15) is 0 Å². The van der Waals surface area contributed by atoms with E-state index >= 15 is 0 Å². The van der Waals surface area contributed by atoms with Crippen LogP contribution in [0.2, 0.25) is 0 Å². The number of carbonyl (C=O) groups is 1. The molecule has 0 aliphatic carbocycles. The zero-order valence-corrected chi connectivity index (χ0v) is 12.9. The number of nitrogens with one attached hydrogen (secondary N) is 1. The molecular formula is C15H19ClF2N2O. The Morgan fingerprint density at radius 1 is 1.33 bits per heavy atom. The molecule has 2 aliphatic rings. The average Bonchev–Trinajstić information content (AvgIpc) is 2.65. The molecule has 0 radical (unpaired) electrons. The van der Waals surface area contributed by atoms with Gasteiger partial charge in [0.25, 0.3) is 0 Å². The second-order valence-corrected chi connectivity index (χ2v) is 6.01. The average molecular weight is 317 g/mol. The van der Waals surface area contributed by atoms with Gasteiger partial charge in [-0.1, -0.05) is 0 Å². The molecule has 3 nitrogen and oxygen atoms in total. The molecule has 3 rings (SSSR count). The fourth-order valence-electron chi connectivity index (χ4n) is 3.37.